The molecule has 1 saturated heterocycles. The van der Waals surface area contributed by atoms with E-state index in [2.05, 4.69) is 10.2 Å². The summed E-state index contributed by atoms with van der Waals surface area (Å²) in [5, 5.41) is 2.89. The average Bonchev–Trinajstić information content (AvgIpc) is 2.74. The lowest BCUT2D eigenvalue weighted by Gasteiger charge is -2.18. The normalized spacial score (nSPS) is 20.5. The predicted octanol–water partition coefficient (Wildman–Crippen LogP) is 1.54. The van der Waals surface area contributed by atoms with Gasteiger partial charge in [-0.05, 0) is 44.1 Å². The van der Waals surface area contributed by atoms with Crippen LogP contribution in [0.2, 0.25) is 0 Å². The number of likely N-dealkylation sites (N-methyl/N-ethyl adjacent to an activating group) is 1. The van der Waals surface area contributed by atoms with Gasteiger partial charge in [-0.15, -0.1) is 0 Å². The van der Waals surface area contributed by atoms with Crippen molar-refractivity contribution in [1.82, 2.24) is 10.2 Å². The summed E-state index contributed by atoms with van der Waals surface area (Å²) in [5.74, 6) is -0.190. The number of likely N-dealkylation sites (tertiary alicyclic amines) is 1. The highest BCUT2D eigenvalue weighted by Crippen LogP contribution is 2.14. The van der Waals surface area contributed by atoms with Gasteiger partial charge in [-0.3, -0.25) is 9.69 Å². The lowest BCUT2D eigenvalue weighted by molar-refractivity contribution is -0.125. The fourth-order valence-corrected chi connectivity index (χ4v) is 2.15. The second-order valence-electron chi connectivity index (χ2n) is 4.48. The van der Waals surface area contributed by atoms with E-state index in [0.29, 0.717) is 6.54 Å². The van der Waals surface area contributed by atoms with Gasteiger partial charge in [0.1, 0.15) is 5.82 Å². The molecule has 1 atom stereocenters. The molecular weight excluding hydrogens is 219 g/mol. The molecule has 4 heteroatoms. The van der Waals surface area contributed by atoms with Crippen LogP contribution in [0.5, 0.6) is 0 Å². The van der Waals surface area contributed by atoms with Gasteiger partial charge in [0.05, 0.1) is 6.04 Å². The molecule has 2 rings (SSSR count). The van der Waals surface area contributed by atoms with Crippen molar-refractivity contribution in [3.63, 3.8) is 0 Å². The molecule has 0 aromatic heterocycles. The van der Waals surface area contributed by atoms with Crippen molar-refractivity contribution < 1.29 is 9.18 Å². The highest BCUT2D eigenvalue weighted by Gasteiger charge is 2.27. The monoisotopic (exact) mass is 236 g/mol. The molecule has 1 amide bonds. The summed E-state index contributed by atoms with van der Waals surface area (Å²) in [6.07, 6.45) is 2.00. The third-order valence-corrected chi connectivity index (χ3v) is 3.20. The Morgan fingerprint density at radius 1 is 1.47 bits per heavy atom. The van der Waals surface area contributed by atoms with Crippen LogP contribution in [0.1, 0.15) is 18.4 Å². The van der Waals surface area contributed by atoms with Gasteiger partial charge in [-0.2, -0.15) is 0 Å². The molecule has 3 nitrogen and oxygen atoms in total. The first-order valence-electron chi connectivity index (χ1n) is 5.89. The Morgan fingerprint density at radius 2 is 2.18 bits per heavy atom. The first-order chi connectivity index (χ1) is 8.16. The maximum Gasteiger partial charge on any atom is 0.237 e. The lowest BCUT2D eigenvalue weighted by Crippen LogP contribution is -2.41. The maximum atomic E-state index is 12.7. The van der Waals surface area contributed by atoms with E-state index in [1.54, 1.807) is 12.1 Å². The van der Waals surface area contributed by atoms with Gasteiger partial charge >= 0.3 is 0 Å². The van der Waals surface area contributed by atoms with Gasteiger partial charge in [-0.1, -0.05) is 12.1 Å². The molecule has 1 N–H and O–H groups in total. The molecule has 1 unspecified atom stereocenters. The van der Waals surface area contributed by atoms with Crippen molar-refractivity contribution in [3.05, 3.63) is 35.6 Å². The van der Waals surface area contributed by atoms with Crippen LogP contribution in [0.4, 0.5) is 4.39 Å². The standard InChI is InChI=1S/C13H17FN2O/c1-16-8-2-3-12(16)13(17)15-9-10-4-6-11(14)7-5-10/h4-7,12H,2-3,8-9H2,1H3,(H,15,17). The van der Waals surface area contributed by atoms with Crippen molar-refractivity contribution in [2.45, 2.75) is 25.4 Å². The number of rotatable bonds is 3. The molecule has 1 heterocycles. The second kappa shape index (κ2) is 5.27. The molecule has 0 aliphatic carbocycles. The van der Waals surface area contributed by atoms with Crippen LogP contribution in [-0.4, -0.2) is 30.4 Å². The minimum absolute atomic E-state index is 0.00421. The Labute approximate surface area is 101 Å². The van der Waals surface area contributed by atoms with E-state index in [-0.39, 0.29) is 17.8 Å². The van der Waals surface area contributed by atoms with Crippen molar-refractivity contribution in [3.8, 4) is 0 Å². The number of hydrogen-bond acceptors (Lipinski definition) is 2. The SMILES string of the molecule is CN1CCCC1C(=O)NCc1ccc(F)cc1. The molecule has 1 aromatic rings. The first kappa shape index (κ1) is 12.0. The quantitative estimate of drug-likeness (QED) is 0.863. The number of halogens is 1. The smallest absolute Gasteiger partial charge is 0.237 e. The molecular formula is C13H17FN2O. The highest BCUT2D eigenvalue weighted by atomic mass is 19.1. The largest absolute Gasteiger partial charge is 0.351 e. The number of hydrogen-bond donors (Lipinski definition) is 1. The van der Waals surface area contributed by atoms with Crippen molar-refractivity contribution in [2.75, 3.05) is 13.6 Å². The van der Waals surface area contributed by atoms with Crippen LogP contribution in [0.15, 0.2) is 24.3 Å². The van der Waals surface area contributed by atoms with E-state index in [0.717, 1.165) is 24.9 Å². The number of nitrogens with zero attached hydrogens (tertiary/aromatic N) is 1. The number of benzene rings is 1. The minimum atomic E-state index is -0.254. The molecule has 0 radical (unpaired) electrons. The third-order valence-electron chi connectivity index (χ3n) is 3.20. The Morgan fingerprint density at radius 3 is 2.76 bits per heavy atom. The zero-order valence-electron chi connectivity index (χ0n) is 9.95. The van der Waals surface area contributed by atoms with Gasteiger partial charge in [0.25, 0.3) is 0 Å². The van der Waals surface area contributed by atoms with Crippen molar-refractivity contribution >= 4 is 5.91 Å². The molecule has 1 aromatic carbocycles. The molecule has 1 aliphatic rings. The lowest BCUT2D eigenvalue weighted by atomic mass is 10.2. The summed E-state index contributed by atoms with van der Waals surface area (Å²) in [4.78, 5) is 13.9. The minimum Gasteiger partial charge on any atom is -0.351 e. The number of carbonyl (C=O) groups is 1. The molecule has 0 saturated carbocycles. The van der Waals surface area contributed by atoms with Gasteiger partial charge in [-0.25, -0.2) is 4.39 Å². The summed E-state index contributed by atoms with van der Waals surface area (Å²) in [6, 6.07) is 6.18. The average molecular weight is 236 g/mol. The van der Waals surface area contributed by atoms with E-state index in [1.807, 2.05) is 7.05 Å². The molecule has 0 bridgehead atoms. The molecule has 92 valence electrons. The van der Waals surface area contributed by atoms with Crippen LogP contribution in [0.25, 0.3) is 0 Å². The number of nitrogens with one attached hydrogen (secondary N) is 1. The number of carbonyl (C=O) groups excluding carboxylic acids is 1. The molecule has 17 heavy (non-hydrogen) atoms. The topological polar surface area (TPSA) is 32.3 Å². The maximum absolute atomic E-state index is 12.7. The predicted molar refractivity (Wildman–Crippen MR) is 63.9 cm³/mol. The van der Waals surface area contributed by atoms with Crippen LogP contribution < -0.4 is 5.32 Å². The summed E-state index contributed by atoms with van der Waals surface area (Å²) in [5.41, 5.74) is 0.917. The van der Waals surface area contributed by atoms with Crippen LogP contribution in [0, 0.1) is 5.82 Å². The third kappa shape index (κ3) is 3.03. The zero-order valence-corrected chi connectivity index (χ0v) is 9.95. The van der Waals surface area contributed by atoms with Gasteiger partial charge in [0, 0.05) is 6.54 Å². The van der Waals surface area contributed by atoms with Gasteiger partial charge < -0.3 is 5.32 Å². The highest BCUT2D eigenvalue weighted by molar-refractivity contribution is 5.81. The Balaban J connectivity index is 1.85. The summed E-state index contributed by atoms with van der Waals surface area (Å²) < 4.78 is 12.7. The fourth-order valence-electron chi connectivity index (χ4n) is 2.15. The van der Waals surface area contributed by atoms with E-state index >= 15 is 0 Å². The Hall–Kier alpha value is -1.42. The van der Waals surface area contributed by atoms with E-state index < -0.39 is 0 Å². The summed E-state index contributed by atoms with van der Waals surface area (Å²) in [7, 11) is 1.97. The zero-order chi connectivity index (χ0) is 12.3. The van der Waals surface area contributed by atoms with Crippen LogP contribution >= 0.6 is 0 Å². The van der Waals surface area contributed by atoms with E-state index in [4.69, 9.17) is 0 Å². The van der Waals surface area contributed by atoms with Gasteiger partial charge in [0.2, 0.25) is 5.91 Å². The fraction of sp³-hybridized carbons (Fsp3) is 0.462. The van der Waals surface area contributed by atoms with Gasteiger partial charge in [0.15, 0.2) is 0 Å². The Kier molecular flexibility index (Phi) is 3.74. The summed E-state index contributed by atoms with van der Waals surface area (Å²) >= 11 is 0. The van der Waals surface area contributed by atoms with Crippen molar-refractivity contribution in [2.24, 2.45) is 0 Å². The first-order valence-corrected chi connectivity index (χ1v) is 5.89. The van der Waals surface area contributed by atoms with E-state index in [1.165, 1.54) is 12.1 Å². The van der Waals surface area contributed by atoms with E-state index in [9.17, 15) is 9.18 Å². The summed E-state index contributed by atoms with van der Waals surface area (Å²) in [6.45, 7) is 1.44. The van der Waals surface area contributed by atoms with Crippen molar-refractivity contribution in [1.29, 1.82) is 0 Å². The number of amides is 1. The molecule has 1 aliphatic heterocycles. The Bertz CT molecular complexity index is 391. The van der Waals surface area contributed by atoms with Crippen LogP contribution in [0.3, 0.4) is 0 Å². The van der Waals surface area contributed by atoms with Crippen LogP contribution in [-0.2, 0) is 11.3 Å². The molecule has 1 fully saturated rings. The molecule has 0 spiro atoms. The second-order valence-corrected chi connectivity index (χ2v) is 4.48.